The molecule has 52 heavy (non-hydrogen) atoms. The van der Waals surface area contributed by atoms with Crippen LogP contribution in [-0.2, 0) is 4.79 Å². The molecule has 0 saturated carbocycles. The lowest BCUT2D eigenvalue weighted by atomic mass is 9.54. The second kappa shape index (κ2) is 14.6. The molecule has 0 bridgehead atoms. The Morgan fingerprint density at radius 2 is 0.673 bits per heavy atom. The standard InChI is InChI=1S/C41H32O11/c42-26-38(49,33(44)28-18-8-2-9-19-28)40(51,35(46)30-22-12-4-13-23-30)41(52,36(47)31-24-14-5-15-25-31)39(50,34(45)29-20-10-3-11-21-29)37(48)32(43)27-16-6-1-7-17-27/h1-25,42,49-52H,26H2/t38-,39+,40+,41+/m0/s1. The summed E-state index contributed by atoms with van der Waals surface area (Å²) in [6.07, 6.45) is 0. The summed E-state index contributed by atoms with van der Waals surface area (Å²) in [6.45, 7) is -1.93. The number of aliphatic hydroxyl groups is 5. The number of Topliss-reactive ketones (excluding diaryl/α,β-unsaturated/α-hetero) is 6. The van der Waals surface area contributed by atoms with E-state index >= 15 is 0 Å². The van der Waals surface area contributed by atoms with Crippen LogP contribution < -0.4 is 0 Å². The van der Waals surface area contributed by atoms with Crippen molar-refractivity contribution in [3.05, 3.63) is 179 Å². The van der Waals surface area contributed by atoms with Gasteiger partial charge in [-0.3, -0.25) is 28.8 Å². The fraction of sp³-hybridized carbons (Fsp3) is 0.122. The van der Waals surface area contributed by atoms with Crippen molar-refractivity contribution in [2.45, 2.75) is 22.4 Å². The third-order valence-corrected chi connectivity index (χ3v) is 8.95. The molecule has 0 radical (unpaired) electrons. The van der Waals surface area contributed by atoms with E-state index in [0.717, 1.165) is 60.7 Å². The van der Waals surface area contributed by atoms with Crippen molar-refractivity contribution in [2.24, 2.45) is 0 Å². The average Bonchev–Trinajstić information content (AvgIpc) is 3.22. The Morgan fingerprint density at radius 3 is 1.02 bits per heavy atom. The topological polar surface area (TPSA) is 204 Å². The van der Waals surface area contributed by atoms with Crippen LogP contribution in [0.3, 0.4) is 0 Å². The van der Waals surface area contributed by atoms with Gasteiger partial charge < -0.3 is 25.5 Å². The number of ketones is 6. The molecule has 0 aliphatic rings. The number of hydrogen-bond donors (Lipinski definition) is 5. The maximum Gasteiger partial charge on any atom is 0.246 e. The van der Waals surface area contributed by atoms with Gasteiger partial charge in [-0.15, -0.1) is 0 Å². The summed E-state index contributed by atoms with van der Waals surface area (Å²) in [5.74, 6) is -11.3. The monoisotopic (exact) mass is 700 g/mol. The largest absolute Gasteiger partial charge is 0.393 e. The van der Waals surface area contributed by atoms with Crippen LogP contribution in [0.15, 0.2) is 152 Å². The molecule has 0 fully saturated rings. The lowest BCUT2D eigenvalue weighted by Gasteiger charge is -2.53. The summed E-state index contributed by atoms with van der Waals surface area (Å²) in [5, 5.41) is 62.3. The molecule has 11 heteroatoms. The lowest BCUT2D eigenvalue weighted by Crippen LogP contribution is -2.86. The van der Waals surface area contributed by atoms with Crippen LogP contribution in [0, 0.1) is 0 Å². The number of benzene rings is 5. The minimum atomic E-state index is -4.68. The molecule has 5 aromatic carbocycles. The summed E-state index contributed by atoms with van der Waals surface area (Å²) < 4.78 is 0. The minimum absolute atomic E-state index is 0.447. The molecule has 0 spiro atoms. The molecule has 0 aliphatic heterocycles. The van der Waals surface area contributed by atoms with Gasteiger partial charge in [0.1, 0.15) is 0 Å². The van der Waals surface area contributed by atoms with Crippen molar-refractivity contribution in [3.63, 3.8) is 0 Å². The summed E-state index contributed by atoms with van der Waals surface area (Å²) in [5.41, 5.74) is -20.5. The van der Waals surface area contributed by atoms with Gasteiger partial charge in [-0.25, -0.2) is 0 Å². The third kappa shape index (κ3) is 5.82. The van der Waals surface area contributed by atoms with Gasteiger partial charge >= 0.3 is 0 Å². The smallest absolute Gasteiger partial charge is 0.246 e. The van der Waals surface area contributed by atoms with E-state index in [2.05, 4.69) is 0 Å². The second-order valence-electron chi connectivity index (χ2n) is 12.0. The number of carbonyl (C=O) groups is 6. The van der Waals surface area contributed by atoms with Gasteiger partial charge in [-0.1, -0.05) is 152 Å². The molecule has 262 valence electrons. The minimum Gasteiger partial charge on any atom is -0.393 e. The van der Waals surface area contributed by atoms with E-state index in [1.807, 2.05) is 0 Å². The first-order valence-corrected chi connectivity index (χ1v) is 15.8. The maximum atomic E-state index is 15.0. The SMILES string of the molecule is O=C(C(=O)[C@](O)(C(=O)c1ccccc1)[C@](O)(C(=O)c1ccccc1)[C@@](O)(C(=O)c1ccccc1)[C@](O)(CO)C(=O)c1ccccc1)c1ccccc1. The molecule has 11 nitrogen and oxygen atoms in total. The van der Waals surface area contributed by atoms with Gasteiger partial charge in [0.05, 0.1) is 6.61 Å². The van der Waals surface area contributed by atoms with Crippen molar-refractivity contribution in [3.8, 4) is 0 Å². The highest BCUT2D eigenvalue weighted by Gasteiger charge is 2.82. The van der Waals surface area contributed by atoms with Crippen LogP contribution in [0.1, 0.15) is 51.8 Å². The number of aliphatic hydroxyl groups excluding tert-OH is 1. The fourth-order valence-electron chi connectivity index (χ4n) is 6.13. The van der Waals surface area contributed by atoms with Crippen LogP contribution in [0.25, 0.3) is 0 Å². The second-order valence-corrected chi connectivity index (χ2v) is 12.0. The normalized spacial score (nSPS) is 15.8. The highest BCUT2D eigenvalue weighted by molar-refractivity contribution is 6.52. The van der Waals surface area contributed by atoms with Crippen molar-refractivity contribution >= 4 is 34.7 Å². The Morgan fingerprint density at radius 1 is 0.385 bits per heavy atom. The fourth-order valence-corrected chi connectivity index (χ4v) is 6.13. The van der Waals surface area contributed by atoms with Crippen LogP contribution in [-0.4, -0.2) is 89.2 Å². The molecule has 4 atom stereocenters. The Bertz CT molecular complexity index is 2120. The van der Waals surface area contributed by atoms with Crippen LogP contribution >= 0.6 is 0 Å². The van der Waals surface area contributed by atoms with Gasteiger partial charge in [-0.2, -0.15) is 0 Å². The Kier molecular flexibility index (Phi) is 10.5. The van der Waals surface area contributed by atoms with Crippen LogP contribution in [0.2, 0.25) is 0 Å². The first-order chi connectivity index (χ1) is 24.8. The van der Waals surface area contributed by atoms with Gasteiger partial charge in [0.25, 0.3) is 0 Å². The summed E-state index contributed by atoms with van der Waals surface area (Å²) in [7, 11) is 0. The molecule has 0 aromatic heterocycles. The predicted octanol–water partition coefficient (Wildman–Crippen LogP) is 2.89. The summed E-state index contributed by atoms with van der Waals surface area (Å²) in [4.78, 5) is 87.4. The van der Waals surface area contributed by atoms with E-state index in [-0.39, 0.29) is 0 Å². The molecule has 0 unspecified atom stereocenters. The molecule has 0 amide bonds. The quantitative estimate of drug-likeness (QED) is 0.0610. The molecule has 0 saturated heterocycles. The van der Waals surface area contributed by atoms with E-state index in [1.54, 1.807) is 0 Å². The number of carbonyl (C=O) groups excluding carboxylic acids is 6. The van der Waals surface area contributed by atoms with Gasteiger partial charge in [0.2, 0.25) is 45.7 Å². The lowest BCUT2D eigenvalue weighted by molar-refractivity contribution is -0.230. The molecular weight excluding hydrogens is 668 g/mol. The first-order valence-electron chi connectivity index (χ1n) is 15.8. The number of rotatable bonds is 15. The van der Waals surface area contributed by atoms with Gasteiger partial charge in [-0.05, 0) is 0 Å². The van der Waals surface area contributed by atoms with E-state index in [1.165, 1.54) is 91.0 Å². The van der Waals surface area contributed by atoms with E-state index in [4.69, 9.17) is 0 Å². The van der Waals surface area contributed by atoms with Gasteiger partial charge in [0.15, 0.2) is 11.4 Å². The Hall–Kier alpha value is -6.08. The van der Waals surface area contributed by atoms with Crippen LogP contribution in [0.5, 0.6) is 0 Å². The molecular formula is C41H32O11. The summed E-state index contributed by atoms with van der Waals surface area (Å²) in [6, 6.07) is 30.8. The van der Waals surface area contributed by atoms with Crippen LogP contribution in [0.4, 0.5) is 0 Å². The zero-order chi connectivity index (χ0) is 37.7. The average molecular weight is 701 g/mol. The van der Waals surface area contributed by atoms with E-state index in [0.29, 0.717) is 0 Å². The molecule has 0 heterocycles. The van der Waals surface area contributed by atoms with E-state index < -0.39 is 91.5 Å². The zero-order valence-corrected chi connectivity index (χ0v) is 27.3. The third-order valence-electron chi connectivity index (χ3n) is 8.95. The van der Waals surface area contributed by atoms with Crippen molar-refractivity contribution in [1.29, 1.82) is 0 Å². The maximum absolute atomic E-state index is 15.0. The molecule has 5 N–H and O–H groups in total. The molecule has 5 rings (SSSR count). The Balaban J connectivity index is 1.99. The van der Waals surface area contributed by atoms with Crippen molar-refractivity contribution < 1.29 is 54.3 Å². The number of hydrogen-bond acceptors (Lipinski definition) is 11. The van der Waals surface area contributed by atoms with E-state index in [9.17, 15) is 54.3 Å². The molecule has 0 aliphatic carbocycles. The Labute approximate surface area is 297 Å². The first kappa shape index (κ1) is 37.2. The summed E-state index contributed by atoms with van der Waals surface area (Å²) >= 11 is 0. The van der Waals surface area contributed by atoms with Crippen molar-refractivity contribution in [2.75, 3.05) is 6.61 Å². The highest BCUT2D eigenvalue weighted by Crippen LogP contribution is 2.48. The zero-order valence-electron chi connectivity index (χ0n) is 27.3. The molecule has 5 aromatic rings. The highest BCUT2D eigenvalue weighted by atomic mass is 16.4. The predicted molar refractivity (Wildman–Crippen MR) is 186 cm³/mol. The van der Waals surface area contributed by atoms with Gasteiger partial charge in [0, 0.05) is 27.8 Å². The van der Waals surface area contributed by atoms with Crippen molar-refractivity contribution in [1.82, 2.24) is 0 Å².